The van der Waals surface area contributed by atoms with Crippen molar-refractivity contribution in [1.82, 2.24) is 10.3 Å². The molecule has 6 rings (SSSR count). The van der Waals surface area contributed by atoms with Crippen molar-refractivity contribution in [1.29, 1.82) is 0 Å². The van der Waals surface area contributed by atoms with E-state index < -0.39 is 5.72 Å². The lowest BCUT2D eigenvalue weighted by Crippen LogP contribution is -2.66. The summed E-state index contributed by atoms with van der Waals surface area (Å²) in [4.78, 5) is 29.8. The third-order valence-corrected chi connectivity index (χ3v) is 7.03. The summed E-state index contributed by atoms with van der Waals surface area (Å²) in [6.45, 7) is 1.92. The molecule has 2 N–H and O–H groups in total. The van der Waals surface area contributed by atoms with Crippen LogP contribution in [0.15, 0.2) is 29.6 Å². The van der Waals surface area contributed by atoms with Crippen LogP contribution < -0.4 is 15.4 Å². The van der Waals surface area contributed by atoms with E-state index in [9.17, 15) is 9.59 Å². The van der Waals surface area contributed by atoms with Gasteiger partial charge in [-0.3, -0.25) is 9.59 Å². The first-order valence-electron chi connectivity index (χ1n) is 9.38. The van der Waals surface area contributed by atoms with Gasteiger partial charge in [-0.2, -0.15) is 0 Å². The van der Waals surface area contributed by atoms with Crippen molar-refractivity contribution < 1.29 is 14.3 Å². The van der Waals surface area contributed by atoms with Gasteiger partial charge in [0.25, 0.3) is 5.91 Å². The fourth-order valence-corrected chi connectivity index (χ4v) is 5.58. The minimum atomic E-state index is -0.678. The van der Waals surface area contributed by atoms with E-state index in [1.54, 1.807) is 6.07 Å². The lowest BCUT2D eigenvalue weighted by atomic mass is 9.60. The molecule has 2 amide bonds. The van der Waals surface area contributed by atoms with Crippen molar-refractivity contribution >= 4 is 28.3 Å². The fraction of sp³-hybridized carbons (Fsp3) is 0.450. The Labute approximate surface area is 161 Å². The summed E-state index contributed by atoms with van der Waals surface area (Å²) in [5.74, 6) is 0.875. The normalized spacial score (nSPS) is 31.1. The van der Waals surface area contributed by atoms with Gasteiger partial charge < -0.3 is 15.4 Å². The van der Waals surface area contributed by atoms with E-state index in [-0.39, 0.29) is 29.6 Å². The number of thiazole rings is 1. The summed E-state index contributed by atoms with van der Waals surface area (Å²) in [5, 5.41) is 8.69. The molecule has 1 aromatic heterocycles. The number of hydrogen-bond donors (Lipinski definition) is 2. The van der Waals surface area contributed by atoms with Crippen LogP contribution in [-0.4, -0.2) is 22.5 Å². The van der Waals surface area contributed by atoms with Gasteiger partial charge in [0.05, 0.1) is 11.3 Å². The predicted octanol–water partition coefficient (Wildman–Crippen LogP) is 3.34. The smallest absolute Gasteiger partial charge is 0.258 e. The maximum atomic E-state index is 12.8. The number of ether oxygens (including phenoxy) is 1. The minimum absolute atomic E-state index is 0.0384. The second-order valence-electron chi connectivity index (χ2n) is 7.81. The average molecular weight is 383 g/mol. The topological polar surface area (TPSA) is 80.3 Å². The van der Waals surface area contributed by atoms with Crippen molar-refractivity contribution in [3.63, 3.8) is 0 Å². The Kier molecular flexibility index (Phi) is 3.75. The maximum absolute atomic E-state index is 12.8. The fourth-order valence-electron chi connectivity index (χ4n) is 4.89. The summed E-state index contributed by atoms with van der Waals surface area (Å²) < 4.78 is 6.34. The number of aryl methyl sites for hydroxylation is 1. The standard InChI is InChI=1S/C20H21N3O3S/c1-11-10-27-19(21-11)22-17(24)15-8-13-7-6-12(15)9-20(13)23-18(25)14-4-2-3-5-16(14)26-20/h2-5,10,12-13,15H,6-9H2,1H3,(H,23,25)(H,21,22,24)/t12-,13-,15-,20+/m1/s1. The second kappa shape index (κ2) is 6.05. The second-order valence-corrected chi connectivity index (χ2v) is 8.66. The minimum Gasteiger partial charge on any atom is -0.467 e. The van der Waals surface area contributed by atoms with Gasteiger partial charge in [0.15, 0.2) is 10.9 Å². The van der Waals surface area contributed by atoms with Crippen molar-refractivity contribution in [3.05, 3.63) is 40.9 Å². The van der Waals surface area contributed by atoms with Crippen LogP contribution in [-0.2, 0) is 4.79 Å². The molecule has 1 aliphatic heterocycles. The first-order chi connectivity index (χ1) is 13.0. The number of rotatable bonds is 2. The van der Waals surface area contributed by atoms with Gasteiger partial charge in [-0.25, -0.2) is 4.98 Å². The molecule has 2 aromatic rings. The zero-order valence-electron chi connectivity index (χ0n) is 15.0. The highest BCUT2D eigenvalue weighted by Gasteiger charge is 2.57. The van der Waals surface area contributed by atoms with Crippen molar-refractivity contribution in [2.75, 3.05) is 5.32 Å². The first kappa shape index (κ1) is 16.7. The van der Waals surface area contributed by atoms with E-state index >= 15 is 0 Å². The molecule has 27 heavy (non-hydrogen) atoms. The molecule has 0 radical (unpaired) electrons. The first-order valence-corrected chi connectivity index (χ1v) is 10.3. The number of fused-ring (bicyclic) bond motifs is 3. The van der Waals surface area contributed by atoms with E-state index in [0.29, 0.717) is 22.9 Å². The summed E-state index contributed by atoms with van der Waals surface area (Å²) in [7, 11) is 0. The van der Waals surface area contributed by atoms with Crippen LogP contribution >= 0.6 is 11.3 Å². The monoisotopic (exact) mass is 383 g/mol. The highest BCUT2D eigenvalue weighted by Crippen LogP contribution is 2.52. The summed E-state index contributed by atoms with van der Waals surface area (Å²) in [6, 6.07) is 7.37. The largest absolute Gasteiger partial charge is 0.467 e. The summed E-state index contributed by atoms with van der Waals surface area (Å²) in [6.07, 6.45) is 3.35. The lowest BCUT2D eigenvalue weighted by Gasteiger charge is -2.55. The number of anilines is 1. The molecule has 0 unspecified atom stereocenters. The van der Waals surface area contributed by atoms with E-state index in [0.717, 1.165) is 25.0 Å². The number of nitrogens with one attached hydrogen (secondary N) is 2. The molecule has 4 aliphatic rings. The van der Waals surface area contributed by atoms with Crippen LogP contribution in [0.1, 0.15) is 41.7 Å². The number of para-hydroxylation sites is 1. The molecule has 7 heteroatoms. The van der Waals surface area contributed by atoms with Crippen LogP contribution in [0.5, 0.6) is 5.75 Å². The molecule has 3 saturated carbocycles. The van der Waals surface area contributed by atoms with Crippen molar-refractivity contribution in [2.24, 2.45) is 17.8 Å². The van der Waals surface area contributed by atoms with E-state index in [2.05, 4.69) is 15.6 Å². The number of nitrogens with zero attached hydrogens (tertiary/aromatic N) is 1. The van der Waals surface area contributed by atoms with Crippen LogP contribution in [0.2, 0.25) is 0 Å². The molecule has 3 aliphatic carbocycles. The van der Waals surface area contributed by atoms with Gasteiger partial charge in [-0.05, 0) is 44.2 Å². The number of benzene rings is 1. The van der Waals surface area contributed by atoms with Gasteiger partial charge >= 0.3 is 0 Å². The van der Waals surface area contributed by atoms with Crippen molar-refractivity contribution in [3.8, 4) is 5.75 Å². The molecule has 3 fully saturated rings. The third-order valence-electron chi connectivity index (χ3n) is 6.15. The molecular weight excluding hydrogens is 362 g/mol. The summed E-state index contributed by atoms with van der Waals surface area (Å²) >= 11 is 1.45. The predicted molar refractivity (Wildman–Crippen MR) is 102 cm³/mol. The van der Waals surface area contributed by atoms with Crippen molar-refractivity contribution in [2.45, 2.75) is 38.3 Å². The lowest BCUT2D eigenvalue weighted by molar-refractivity contribution is -0.142. The molecular formula is C20H21N3O3S. The Morgan fingerprint density at radius 3 is 2.96 bits per heavy atom. The molecule has 2 heterocycles. The number of aromatic nitrogens is 1. The Morgan fingerprint density at radius 1 is 1.37 bits per heavy atom. The van der Waals surface area contributed by atoms with E-state index in [1.165, 1.54) is 11.3 Å². The van der Waals surface area contributed by atoms with Crippen LogP contribution in [0.25, 0.3) is 0 Å². The average Bonchev–Trinajstić information content (AvgIpc) is 3.06. The number of hydrogen-bond acceptors (Lipinski definition) is 5. The summed E-state index contributed by atoms with van der Waals surface area (Å²) in [5.41, 5.74) is 0.817. The zero-order valence-corrected chi connectivity index (χ0v) is 15.8. The number of carbonyl (C=O) groups is 2. The SMILES string of the molecule is Cc1csc(NC(=O)[C@@H]2C[C@H]3CC[C@@H]2C[C@@]32NC(=O)c3ccccc3O2)n1. The molecule has 2 bridgehead atoms. The van der Waals surface area contributed by atoms with E-state index in [1.807, 2.05) is 30.5 Å². The Morgan fingerprint density at radius 2 is 2.22 bits per heavy atom. The maximum Gasteiger partial charge on any atom is 0.258 e. The van der Waals surface area contributed by atoms with E-state index in [4.69, 9.17) is 4.74 Å². The van der Waals surface area contributed by atoms with Crippen LogP contribution in [0.3, 0.4) is 0 Å². The van der Waals surface area contributed by atoms with Crippen LogP contribution in [0.4, 0.5) is 5.13 Å². The molecule has 0 saturated heterocycles. The van der Waals surface area contributed by atoms with Gasteiger partial charge in [0.2, 0.25) is 5.91 Å². The molecule has 4 atom stereocenters. The highest BCUT2D eigenvalue weighted by atomic mass is 32.1. The third kappa shape index (κ3) is 2.72. The van der Waals surface area contributed by atoms with Gasteiger partial charge in [0, 0.05) is 23.6 Å². The molecule has 1 aromatic carbocycles. The van der Waals surface area contributed by atoms with Crippen LogP contribution in [0, 0.1) is 24.7 Å². The van der Waals surface area contributed by atoms with Gasteiger partial charge in [-0.15, -0.1) is 11.3 Å². The Hall–Kier alpha value is -2.41. The number of carbonyl (C=O) groups excluding carboxylic acids is 2. The quantitative estimate of drug-likeness (QED) is 0.833. The molecule has 6 nitrogen and oxygen atoms in total. The highest BCUT2D eigenvalue weighted by molar-refractivity contribution is 7.13. The number of amides is 2. The Balaban J connectivity index is 1.36. The zero-order chi connectivity index (χ0) is 18.6. The molecule has 1 spiro atoms. The van der Waals surface area contributed by atoms with Gasteiger partial charge in [-0.1, -0.05) is 12.1 Å². The van der Waals surface area contributed by atoms with Gasteiger partial charge in [0.1, 0.15) is 5.75 Å². The molecule has 140 valence electrons. The Bertz CT molecular complexity index is 927.